The first kappa shape index (κ1) is 17.0. The number of carbonyl (C=O) groups excluding carboxylic acids is 1. The van der Waals surface area contributed by atoms with E-state index in [1.807, 2.05) is 16.9 Å². The molecule has 0 aliphatic rings. The molecule has 8 heteroatoms. The number of rotatable bonds is 7. The number of hydrogen-bond donors (Lipinski definition) is 1. The summed E-state index contributed by atoms with van der Waals surface area (Å²) in [5, 5.41) is 7.38. The Labute approximate surface area is 149 Å². The first-order chi connectivity index (χ1) is 12.2. The maximum atomic E-state index is 12.4. The highest BCUT2D eigenvalue weighted by atomic mass is 35.5. The van der Waals surface area contributed by atoms with Crippen LogP contribution < -0.4 is 10.1 Å². The third-order valence-electron chi connectivity index (χ3n) is 3.61. The van der Waals surface area contributed by atoms with Crippen molar-refractivity contribution in [3.05, 3.63) is 53.8 Å². The van der Waals surface area contributed by atoms with Crippen molar-refractivity contribution in [1.82, 2.24) is 20.1 Å². The van der Waals surface area contributed by atoms with Gasteiger partial charge < -0.3 is 14.5 Å². The molecular formula is C17H17ClN4O3. The fraction of sp³-hybridized carbons (Fsp3) is 0.235. The Morgan fingerprint density at radius 3 is 3.04 bits per heavy atom. The van der Waals surface area contributed by atoms with Crippen molar-refractivity contribution in [2.75, 3.05) is 13.7 Å². The molecule has 1 amide bonds. The average Bonchev–Trinajstić information content (AvgIpc) is 3.30. The minimum atomic E-state index is -0.295. The van der Waals surface area contributed by atoms with Crippen molar-refractivity contribution >= 4 is 17.5 Å². The van der Waals surface area contributed by atoms with Gasteiger partial charge in [0.2, 0.25) is 0 Å². The van der Waals surface area contributed by atoms with Crippen LogP contribution in [0.15, 0.2) is 47.5 Å². The standard InChI is InChI=1S/C17H17ClN4O3/c1-24-14-5-4-12(10-13(14)18)16-15(20-11-25-16)17(23)19-6-2-8-22-9-3-7-21-22/h3-5,7,9-11H,2,6,8H2,1H3,(H,19,23)/i1-1. The molecule has 0 spiro atoms. The van der Waals surface area contributed by atoms with E-state index in [4.69, 9.17) is 20.8 Å². The van der Waals surface area contributed by atoms with Gasteiger partial charge in [-0.15, -0.1) is 0 Å². The molecule has 2 heterocycles. The van der Waals surface area contributed by atoms with E-state index in [9.17, 15) is 4.79 Å². The van der Waals surface area contributed by atoms with Crippen LogP contribution in [0.5, 0.6) is 5.75 Å². The van der Waals surface area contributed by atoms with Crippen molar-refractivity contribution in [2.24, 2.45) is 0 Å². The molecule has 1 N–H and O–H groups in total. The lowest BCUT2D eigenvalue weighted by molar-refractivity contribution is 0.0948. The second-order valence-electron chi connectivity index (χ2n) is 5.26. The molecule has 0 atom stereocenters. The van der Waals surface area contributed by atoms with Crippen LogP contribution >= 0.6 is 11.6 Å². The van der Waals surface area contributed by atoms with Gasteiger partial charge in [0.15, 0.2) is 17.8 Å². The molecule has 0 unspecified atom stereocenters. The molecule has 25 heavy (non-hydrogen) atoms. The molecule has 0 bridgehead atoms. The Morgan fingerprint density at radius 2 is 2.32 bits per heavy atom. The normalized spacial score (nSPS) is 10.6. The first-order valence-corrected chi connectivity index (χ1v) is 8.10. The number of nitrogens with one attached hydrogen (secondary N) is 1. The Balaban J connectivity index is 1.64. The van der Waals surface area contributed by atoms with Crippen molar-refractivity contribution in [2.45, 2.75) is 13.0 Å². The van der Waals surface area contributed by atoms with Gasteiger partial charge in [-0.1, -0.05) is 11.6 Å². The average molecular weight is 360 g/mol. The van der Waals surface area contributed by atoms with E-state index in [1.54, 1.807) is 24.4 Å². The summed E-state index contributed by atoms with van der Waals surface area (Å²) in [6.45, 7) is 1.24. The minimum Gasteiger partial charge on any atom is -0.495 e. The lowest BCUT2D eigenvalue weighted by Gasteiger charge is -2.07. The Morgan fingerprint density at radius 1 is 1.44 bits per heavy atom. The number of hydrogen-bond acceptors (Lipinski definition) is 5. The Bertz CT molecular complexity index is 845. The minimum absolute atomic E-state index is 0.223. The summed E-state index contributed by atoms with van der Waals surface area (Å²) in [6, 6.07) is 7.02. The van der Waals surface area contributed by atoms with Gasteiger partial charge in [-0.25, -0.2) is 4.98 Å². The van der Waals surface area contributed by atoms with Crippen LogP contribution in [0.25, 0.3) is 11.3 Å². The van der Waals surface area contributed by atoms with E-state index in [1.165, 1.54) is 13.5 Å². The number of oxazole rings is 1. The van der Waals surface area contributed by atoms with Crippen molar-refractivity contribution in [1.29, 1.82) is 0 Å². The fourth-order valence-electron chi connectivity index (χ4n) is 2.38. The number of amides is 1. The Hall–Kier alpha value is -2.80. The molecule has 0 aliphatic carbocycles. The predicted molar refractivity (Wildman–Crippen MR) is 92.7 cm³/mol. The number of aryl methyl sites for hydroxylation is 1. The second kappa shape index (κ2) is 7.85. The van der Waals surface area contributed by atoms with Gasteiger partial charge in [-0.05, 0) is 30.7 Å². The second-order valence-corrected chi connectivity index (χ2v) is 5.67. The predicted octanol–water partition coefficient (Wildman–Crippen LogP) is 3.02. The van der Waals surface area contributed by atoms with Gasteiger partial charge in [0.05, 0.1) is 12.1 Å². The molecular weight excluding hydrogens is 343 g/mol. The molecule has 0 radical (unpaired) electrons. The molecule has 2 aromatic heterocycles. The number of nitrogens with zero attached hydrogens (tertiary/aromatic N) is 3. The topological polar surface area (TPSA) is 82.2 Å². The zero-order chi connectivity index (χ0) is 17.6. The van der Waals surface area contributed by atoms with Gasteiger partial charge in [-0.2, -0.15) is 5.10 Å². The summed E-state index contributed by atoms with van der Waals surface area (Å²) in [5.74, 6) is 0.625. The molecule has 3 aromatic rings. The molecule has 0 aliphatic heterocycles. The third-order valence-corrected chi connectivity index (χ3v) is 3.90. The lowest BCUT2D eigenvalue weighted by atomic mass is 10.1. The van der Waals surface area contributed by atoms with Crippen LogP contribution in [0.4, 0.5) is 0 Å². The Kier molecular flexibility index (Phi) is 5.35. The van der Waals surface area contributed by atoms with Crippen LogP contribution in [-0.2, 0) is 6.54 Å². The molecule has 130 valence electrons. The van der Waals surface area contributed by atoms with Gasteiger partial charge in [0.25, 0.3) is 5.91 Å². The molecule has 0 fully saturated rings. The van der Waals surface area contributed by atoms with Gasteiger partial charge in [-0.3, -0.25) is 9.48 Å². The van der Waals surface area contributed by atoms with E-state index in [2.05, 4.69) is 15.4 Å². The van der Waals surface area contributed by atoms with Crippen LogP contribution in [0.1, 0.15) is 16.9 Å². The third kappa shape index (κ3) is 4.00. The number of halogens is 1. The van der Waals surface area contributed by atoms with E-state index in [0.29, 0.717) is 28.6 Å². The van der Waals surface area contributed by atoms with Crippen LogP contribution in [0, 0.1) is 0 Å². The van der Waals surface area contributed by atoms with E-state index >= 15 is 0 Å². The zero-order valence-electron chi connectivity index (χ0n) is 13.6. The van der Waals surface area contributed by atoms with Gasteiger partial charge in [0.1, 0.15) is 5.75 Å². The molecule has 7 nitrogen and oxygen atoms in total. The van der Waals surface area contributed by atoms with E-state index in [-0.39, 0.29) is 11.6 Å². The fourth-order valence-corrected chi connectivity index (χ4v) is 2.64. The highest BCUT2D eigenvalue weighted by Gasteiger charge is 2.18. The first-order valence-electron chi connectivity index (χ1n) is 7.72. The lowest BCUT2D eigenvalue weighted by Crippen LogP contribution is -2.26. The highest BCUT2D eigenvalue weighted by molar-refractivity contribution is 6.32. The quantitative estimate of drug-likeness (QED) is 0.656. The molecule has 3 rings (SSSR count). The van der Waals surface area contributed by atoms with E-state index < -0.39 is 0 Å². The number of aromatic nitrogens is 3. The van der Waals surface area contributed by atoms with Crippen molar-refractivity contribution in [3.63, 3.8) is 0 Å². The van der Waals surface area contributed by atoms with E-state index in [0.717, 1.165) is 13.0 Å². The largest absolute Gasteiger partial charge is 0.495 e. The van der Waals surface area contributed by atoms with Crippen LogP contribution in [-0.4, -0.2) is 34.3 Å². The molecule has 0 saturated carbocycles. The zero-order valence-corrected chi connectivity index (χ0v) is 14.4. The van der Waals surface area contributed by atoms with Crippen LogP contribution in [0.2, 0.25) is 5.02 Å². The monoisotopic (exact) mass is 359 g/mol. The number of benzene rings is 1. The number of ether oxygens (including phenoxy) is 1. The smallest absolute Gasteiger partial charge is 0.273 e. The maximum Gasteiger partial charge on any atom is 0.273 e. The van der Waals surface area contributed by atoms with Crippen LogP contribution in [0.3, 0.4) is 0 Å². The summed E-state index contributed by atoms with van der Waals surface area (Å²) >= 11 is 6.13. The maximum absolute atomic E-state index is 12.4. The highest BCUT2D eigenvalue weighted by Crippen LogP contribution is 2.31. The summed E-state index contributed by atoms with van der Waals surface area (Å²) in [5.41, 5.74) is 0.880. The van der Waals surface area contributed by atoms with Crippen molar-refractivity contribution < 1.29 is 13.9 Å². The number of methoxy groups -OCH3 is 1. The van der Waals surface area contributed by atoms with Gasteiger partial charge in [0, 0.05) is 31.0 Å². The van der Waals surface area contributed by atoms with Crippen molar-refractivity contribution in [3.8, 4) is 17.1 Å². The summed E-state index contributed by atoms with van der Waals surface area (Å²) in [7, 11) is 1.54. The summed E-state index contributed by atoms with van der Waals surface area (Å²) < 4.78 is 12.3. The molecule has 1 aromatic carbocycles. The number of carbonyl (C=O) groups is 1. The summed E-state index contributed by atoms with van der Waals surface area (Å²) in [4.78, 5) is 16.4. The summed E-state index contributed by atoms with van der Waals surface area (Å²) in [6.07, 6.45) is 5.60. The molecule has 0 saturated heterocycles. The SMILES string of the molecule is [11CH3]Oc1ccc(-c2ocnc2C(=O)NCCCn2cccn2)cc1Cl. The van der Waals surface area contributed by atoms with Gasteiger partial charge >= 0.3 is 0 Å².